The molecule has 28 heavy (non-hydrogen) atoms. The van der Waals surface area contributed by atoms with Gasteiger partial charge in [0.15, 0.2) is 0 Å². The molecule has 0 atom stereocenters. The van der Waals surface area contributed by atoms with Gasteiger partial charge in [-0.05, 0) is 48.0 Å². The number of hydrogen-bond donors (Lipinski definition) is 2. The number of sulfonamides is 1. The van der Waals surface area contributed by atoms with Crippen molar-refractivity contribution in [3.05, 3.63) is 64.3 Å². The SMILES string of the molecule is Cc1ccc(S(=O)(=O)NCCNC(=O)Cn2c(C)c(Br)c3ccccc32)cc1. The molecule has 8 heteroatoms. The van der Waals surface area contributed by atoms with Gasteiger partial charge >= 0.3 is 0 Å². The number of aromatic nitrogens is 1. The molecule has 148 valence electrons. The van der Waals surface area contributed by atoms with Gasteiger partial charge in [0, 0.05) is 34.2 Å². The third-order valence-electron chi connectivity index (χ3n) is 4.53. The van der Waals surface area contributed by atoms with Crippen LogP contribution in [0.15, 0.2) is 57.9 Å². The zero-order chi connectivity index (χ0) is 20.3. The van der Waals surface area contributed by atoms with Crippen molar-refractivity contribution in [2.24, 2.45) is 0 Å². The molecule has 0 aliphatic rings. The third-order valence-corrected chi connectivity index (χ3v) is 7.00. The number of rotatable bonds is 7. The molecule has 0 unspecified atom stereocenters. The summed E-state index contributed by atoms with van der Waals surface area (Å²) in [5.74, 6) is -0.175. The van der Waals surface area contributed by atoms with E-state index < -0.39 is 10.0 Å². The molecule has 0 bridgehead atoms. The molecule has 0 saturated carbocycles. The number of nitrogens with zero attached hydrogens (tertiary/aromatic N) is 1. The minimum Gasteiger partial charge on any atom is -0.353 e. The monoisotopic (exact) mass is 463 g/mol. The van der Waals surface area contributed by atoms with Crippen molar-refractivity contribution < 1.29 is 13.2 Å². The summed E-state index contributed by atoms with van der Waals surface area (Å²) in [6.45, 7) is 4.35. The Balaban J connectivity index is 1.56. The number of hydrogen-bond acceptors (Lipinski definition) is 3. The van der Waals surface area contributed by atoms with E-state index in [0.29, 0.717) is 0 Å². The fourth-order valence-electron chi connectivity index (χ4n) is 2.98. The van der Waals surface area contributed by atoms with Crippen LogP contribution in [-0.4, -0.2) is 32.0 Å². The normalized spacial score (nSPS) is 11.7. The van der Waals surface area contributed by atoms with E-state index in [1.165, 1.54) is 0 Å². The Labute approximate surface area is 173 Å². The first kappa shape index (κ1) is 20.6. The number of nitrogens with one attached hydrogen (secondary N) is 2. The molecule has 0 aliphatic heterocycles. The average Bonchev–Trinajstić information content (AvgIpc) is 2.91. The van der Waals surface area contributed by atoms with Gasteiger partial charge in [0.2, 0.25) is 15.9 Å². The second-order valence-electron chi connectivity index (χ2n) is 6.56. The molecule has 1 aromatic heterocycles. The van der Waals surface area contributed by atoms with E-state index in [9.17, 15) is 13.2 Å². The minimum atomic E-state index is -3.58. The summed E-state index contributed by atoms with van der Waals surface area (Å²) in [7, 11) is -3.58. The molecule has 3 rings (SSSR count). The summed E-state index contributed by atoms with van der Waals surface area (Å²) in [4.78, 5) is 12.5. The Morgan fingerprint density at radius 1 is 1.04 bits per heavy atom. The van der Waals surface area contributed by atoms with E-state index in [2.05, 4.69) is 26.0 Å². The zero-order valence-electron chi connectivity index (χ0n) is 15.7. The molecule has 1 amide bonds. The second kappa shape index (κ2) is 8.46. The van der Waals surface area contributed by atoms with Crippen molar-refractivity contribution in [3.63, 3.8) is 0 Å². The fourth-order valence-corrected chi connectivity index (χ4v) is 4.56. The summed E-state index contributed by atoms with van der Waals surface area (Å²) in [5.41, 5.74) is 2.93. The Hall–Kier alpha value is -2.16. The highest BCUT2D eigenvalue weighted by Crippen LogP contribution is 2.30. The van der Waals surface area contributed by atoms with Crippen LogP contribution < -0.4 is 10.0 Å². The Kier molecular flexibility index (Phi) is 6.22. The number of carbonyl (C=O) groups excluding carboxylic acids is 1. The van der Waals surface area contributed by atoms with Crippen molar-refractivity contribution >= 4 is 42.8 Å². The van der Waals surface area contributed by atoms with E-state index in [-0.39, 0.29) is 30.4 Å². The Morgan fingerprint density at radius 3 is 2.43 bits per heavy atom. The smallest absolute Gasteiger partial charge is 0.240 e. The lowest BCUT2D eigenvalue weighted by Crippen LogP contribution is -2.36. The number of fused-ring (bicyclic) bond motifs is 1. The van der Waals surface area contributed by atoms with Crippen LogP contribution in [0.3, 0.4) is 0 Å². The highest BCUT2D eigenvalue weighted by Gasteiger charge is 2.15. The van der Waals surface area contributed by atoms with Gasteiger partial charge in [-0.25, -0.2) is 13.1 Å². The fraction of sp³-hybridized carbons (Fsp3) is 0.250. The van der Waals surface area contributed by atoms with Crippen molar-refractivity contribution in [2.45, 2.75) is 25.3 Å². The number of amides is 1. The first-order valence-corrected chi connectivity index (χ1v) is 11.1. The van der Waals surface area contributed by atoms with E-state index in [1.54, 1.807) is 24.3 Å². The molecule has 0 aliphatic carbocycles. The van der Waals surface area contributed by atoms with Crippen LogP contribution in [0, 0.1) is 13.8 Å². The third kappa shape index (κ3) is 4.45. The van der Waals surface area contributed by atoms with Crippen molar-refractivity contribution in [2.75, 3.05) is 13.1 Å². The van der Waals surface area contributed by atoms with Crippen molar-refractivity contribution in [1.82, 2.24) is 14.6 Å². The summed E-state index contributed by atoms with van der Waals surface area (Å²) in [6.07, 6.45) is 0. The van der Waals surface area contributed by atoms with Gasteiger partial charge in [0.25, 0.3) is 0 Å². The molecule has 0 saturated heterocycles. The van der Waals surface area contributed by atoms with Crippen molar-refractivity contribution in [3.8, 4) is 0 Å². The maximum Gasteiger partial charge on any atom is 0.240 e. The number of aryl methyl sites for hydroxylation is 1. The quantitative estimate of drug-likeness (QED) is 0.528. The van der Waals surface area contributed by atoms with Crippen LogP contribution in [0.25, 0.3) is 10.9 Å². The summed E-state index contributed by atoms with van der Waals surface area (Å²) in [6, 6.07) is 14.5. The molecule has 0 spiro atoms. The van der Waals surface area contributed by atoms with Gasteiger partial charge in [0.05, 0.1) is 4.90 Å². The van der Waals surface area contributed by atoms with E-state index in [1.807, 2.05) is 42.7 Å². The van der Waals surface area contributed by atoms with Crippen LogP contribution in [0.5, 0.6) is 0 Å². The molecule has 1 heterocycles. The number of benzene rings is 2. The largest absolute Gasteiger partial charge is 0.353 e. The highest BCUT2D eigenvalue weighted by molar-refractivity contribution is 9.10. The first-order chi connectivity index (χ1) is 13.3. The molecule has 3 aromatic rings. The number of halogens is 1. The van der Waals surface area contributed by atoms with Gasteiger partial charge in [-0.15, -0.1) is 0 Å². The molecule has 2 aromatic carbocycles. The van der Waals surface area contributed by atoms with Crippen LogP contribution in [-0.2, 0) is 21.4 Å². The average molecular weight is 464 g/mol. The zero-order valence-corrected chi connectivity index (χ0v) is 18.1. The first-order valence-electron chi connectivity index (χ1n) is 8.86. The standard InChI is InChI=1S/C20H22BrN3O3S/c1-14-7-9-16(10-8-14)28(26,27)23-12-11-22-19(25)13-24-15(2)20(21)17-5-3-4-6-18(17)24/h3-10,23H,11-13H2,1-2H3,(H,22,25). The summed E-state index contributed by atoms with van der Waals surface area (Å²) in [5, 5.41) is 3.82. The van der Waals surface area contributed by atoms with Crippen LogP contribution >= 0.6 is 15.9 Å². The predicted molar refractivity (Wildman–Crippen MR) is 114 cm³/mol. The Bertz CT molecular complexity index is 1110. The van der Waals surface area contributed by atoms with Gasteiger partial charge in [-0.3, -0.25) is 4.79 Å². The maximum absolute atomic E-state index is 12.3. The molecule has 0 radical (unpaired) electrons. The van der Waals surface area contributed by atoms with Crippen LogP contribution in [0.1, 0.15) is 11.3 Å². The van der Waals surface area contributed by atoms with Crippen molar-refractivity contribution in [1.29, 1.82) is 0 Å². The predicted octanol–water partition coefficient (Wildman–Crippen LogP) is 3.12. The molecular formula is C20H22BrN3O3S. The van der Waals surface area contributed by atoms with Crippen LogP contribution in [0.4, 0.5) is 0 Å². The molecule has 2 N–H and O–H groups in total. The number of carbonyl (C=O) groups is 1. The van der Waals surface area contributed by atoms with Gasteiger partial charge in [0.1, 0.15) is 6.54 Å². The van der Waals surface area contributed by atoms with Gasteiger partial charge in [-0.2, -0.15) is 0 Å². The van der Waals surface area contributed by atoms with Gasteiger partial charge < -0.3 is 9.88 Å². The lowest BCUT2D eigenvalue weighted by atomic mass is 10.2. The summed E-state index contributed by atoms with van der Waals surface area (Å²) < 4.78 is 29.9. The number of para-hydroxylation sites is 1. The molecular weight excluding hydrogens is 442 g/mol. The van der Waals surface area contributed by atoms with E-state index in [0.717, 1.165) is 26.6 Å². The van der Waals surface area contributed by atoms with E-state index in [4.69, 9.17) is 0 Å². The highest BCUT2D eigenvalue weighted by atomic mass is 79.9. The molecule has 6 nitrogen and oxygen atoms in total. The lowest BCUT2D eigenvalue weighted by Gasteiger charge is -2.10. The molecule has 0 fully saturated rings. The van der Waals surface area contributed by atoms with E-state index >= 15 is 0 Å². The Morgan fingerprint density at radius 2 is 1.71 bits per heavy atom. The van der Waals surface area contributed by atoms with Gasteiger partial charge in [-0.1, -0.05) is 35.9 Å². The maximum atomic E-state index is 12.3. The topological polar surface area (TPSA) is 80.2 Å². The lowest BCUT2D eigenvalue weighted by molar-refractivity contribution is -0.121. The van der Waals surface area contributed by atoms with Crippen LogP contribution in [0.2, 0.25) is 0 Å². The summed E-state index contributed by atoms with van der Waals surface area (Å²) >= 11 is 3.57. The minimum absolute atomic E-state index is 0.122. The second-order valence-corrected chi connectivity index (χ2v) is 9.12.